The second kappa shape index (κ2) is 7.87. The lowest BCUT2D eigenvalue weighted by Crippen LogP contribution is -2.36. The van der Waals surface area contributed by atoms with Crippen LogP contribution in [-0.2, 0) is 9.59 Å². The highest BCUT2D eigenvalue weighted by Crippen LogP contribution is 2.22. The maximum atomic E-state index is 11.7. The number of rotatable bonds is 5. The van der Waals surface area contributed by atoms with E-state index in [0.717, 1.165) is 18.5 Å². The van der Waals surface area contributed by atoms with Crippen LogP contribution in [0.2, 0.25) is 5.02 Å². The van der Waals surface area contributed by atoms with Crippen molar-refractivity contribution in [3.63, 3.8) is 0 Å². The number of carbonyl (C=O) groups is 2. The summed E-state index contributed by atoms with van der Waals surface area (Å²) < 4.78 is 0. The Bertz CT molecular complexity index is 489. The number of carbonyl (C=O) groups excluding carboxylic acids is 2. The van der Waals surface area contributed by atoms with Gasteiger partial charge in [-0.2, -0.15) is 0 Å². The summed E-state index contributed by atoms with van der Waals surface area (Å²) in [5.41, 5.74) is 1.29. The maximum absolute atomic E-state index is 11.7. The molecule has 5 nitrogen and oxygen atoms in total. The minimum absolute atomic E-state index is 0.471. The van der Waals surface area contributed by atoms with Crippen molar-refractivity contribution in [1.29, 1.82) is 0 Å². The first-order valence-electron chi connectivity index (χ1n) is 6.41. The quantitative estimate of drug-likeness (QED) is 0.642. The lowest BCUT2D eigenvalue weighted by molar-refractivity contribution is -0.136. The molecule has 0 aliphatic rings. The van der Waals surface area contributed by atoms with E-state index in [2.05, 4.69) is 10.6 Å². The lowest BCUT2D eigenvalue weighted by atomic mass is 10.2. The molecular weight excluding hydrogens is 278 g/mol. The summed E-state index contributed by atoms with van der Waals surface area (Å²) in [5.74, 6) is -1.32. The van der Waals surface area contributed by atoms with E-state index in [9.17, 15) is 9.59 Å². The van der Waals surface area contributed by atoms with Gasteiger partial charge in [0.05, 0.1) is 0 Å². The standard InChI is InChI=1S/C14H20ClN3O2/c1-10-11(15)6-4-7-12(10)17-14(20)13(19)16-8-5-9-18(2)3/h4,6-7H,5,8-9H2,1-3H3,(H,16,19)(H,17,20). The summed E-state index contributed by atoms with van der Waals surface area (Å²) in [6.07, 6.45) is 0.794. The van der Waals surface area contributed by atoms with E-state index in [1.807, 2.05) is 19.0 Å². The van der Waals surface area contributed by atoms with E-state index >= 15 is 0 Å². The second-order valence-electron chi connectivity index (χ2n) is 4.78. The average Bonchev–Trinajstić information content (AvgIpc) is 2.39. The van der Waals surface area contributed by atoms with E-state index in [4.69, 9.17) is 11.6 Å². The summed E-state index contributed by atoms with van der Waals surface area (Å²) in [6, 6.07) is 5.16. The smallest absolute Gasteiger partial charge is 0.313 e. The van der Waals surface area contributed by atoms with Gasteiger partial charge in [0, 0.05) is 17.3 Å². The Labute approximate surface area is 124 Å². The number of amides is 2. The molecule has 0 radical (unpaired) electrons. The van der Waals surface area contributed by atoms with Gasteiger partial charge in [-0.05, 0) is 51.7 Å². The van der Waals surface area contributed by atoms with Crippen LogP contribution in [0.1, 0.15) is 12.0 Å². The number of benzene rings is 1. The first kappa shape index (κ1) is 16.5. The number of hydrogen-bond acceptors (Lipinski definition) is 3. The van der Waals surface area contributed by atoms with Gasteiger partial charge in [-0.15, -0.1) is 0 Å². The Hall–Kier alpha value is -1.59. The van der Waals surface area contributed by atoms with E-state index in [1.165, 1.54) is 0 Å². The number of anilines is 1. The Morgan fingerprint density at radius 2 is 1.95 bits per heavy atom. The van der Waals surface area contributed by atoms with Gasteiger partial charge >= 0.3 is 11.8 Å². The van der Waals surface area contributed by atoms with Crippen LogP contribution in [0, 0.1) is 6.92 Å². The molecular formula is C14H20ClN3O2. The number of halogens is 1. The molecule has 0 spiro atoms. The third-order valence-electron chi connectivity index (χ3n) is 2.79. The van der Waals surface area contributed by atoms with Crippen LogP contribution in [0.5, 0.6) is 0 Å². The third-order valence-corrected chi connectivity index (χ3v) is 3.20. The SMILES string of the molecule is Cc1c(Cl)cccc1NC(=O)C(=O)NCCCN(C)C. The van der Waals surface area contributed by atoms with Gasteiger partial charge in [0.2, 0.25) is 0 Å². The van der Waals surface area contributed by atoms with E-state index < -0.39 is 11.8 Å². The van der Waals surface area contributed by atoms with Gasteiger partial charge in [0.25, 0.3) is 0 Å². The first-order valence-corrected chi connectivity index (χ1v) is 6.78. The highest BCUT2D eigenvalue weighted by atomic mass is 35.5. The Morgan fingerprint density at radius 3 is 2.60 bits per heavy atom. The van der Waals surface area contributed by atoms with Crippen molar-refractivity contribution in [3.8, 4) is 0 Å². The molecule has 20 heavy (non-hydrogen) atoms. The van der Waals surface area contributed by atoms with Crippen LogP contribution in [0.15, 0.2) is 18.2 Å². The Morgan fingerprint density at radius 1 is 1.25 bits per heavy atom. The van der Waals surface area contributed by atoms with Gasteiger partial charge in [0.15, 0.2) is 0 Å². The molecule has 0 aromatic heterocycles. The fourth-order valence-electron chi connectivity index (χ4n) is 1.60. The second-order valence-corrected chi connectivity index (χ2v) is 5.19. The number of nitrogens with zero attached hydrogens (tertiary/aromatic N) is 1. The zero-order valence-corrected chi connectivity index (χ0v) is 12.8. The highest BCUT2D eigenvalue weighted by Gasteiger charge is 2.14. The van der Waals surface area contributed by atoms with Crippen LogP contribution in [0.3, 0.4) is 0 Å². The minimum atomic E-state index is -0.680. The van der Waals surface area contributed by atoms with Gasteiger partial charge in [0.1, 0.15) is 0 Å². The Balaban J connectivity index is 2.46. The van der Waals surface area contributed by atoms with Crippen molar-refractivity contribution in [2.45, 2.75) is 13.3 Å². The maximum Gasteiger partial charge on any atom is 0.313 e. The monoisotopic (exact) mass is 297 g/mol. The van der Waals surface area contributed by atoms with Gasteiger partial charge < -0.3 is 15.5 Å². The fourth-order valence-corrected chi connectivity index (χ4v) is 1.77. The summed E-state index contributed by atoms with van der Waals surface area (Å²) in [7, 11) is 3.91. The Kier molecular flexibility index (Phi) is 6.48. The van der Waals surface area contributed by atoms with E-state index in [1.54, 1.807) is 25.1 Å². The van der Waals surface area contributed by atoms with E-state index in [-0.39, 0.29) is 0 Å². The molecule has 0 saturated heterocycles. The summed E-state index contributed by atoms with van der Waals surface area (Å²) >= 11 is 5.95. The molecule has 0 fully saturated rings. The number of hydrogen-bond donors (Lipinski definition) is 2. The van der Waals surface area contributed by atoms with Crippen LogP contribution in [0.4, 0.5) is 5.69 Å². The molecule has 0 saturated carbocycles. The predicted octanol–water partition coefficient (Wildman–Crippen LogP) is 1.65. The van der Waals surface area contributed by atoms with Gasteiger partial charge in [-0.25, -0.2) is 0 Å². The molecule has 0 aliphatic carbocycles. The lowest BCUT2D eigenvalue weighted by Gasteiger charge is -2.11. The molecule has 0 bridgehead atoms. The predicted molar refractivity (Wildman–Crippen MR) is 81.0 cm³/mol. The van der Waals surface area contributed by atoms with Crippen molar-refractivity contribution in [3.05, 3.63) is 28.8 Å². The average molecular weight is 298 g/mol. The van der Waals surface area contributed by atoms with Gasteiger partial charge in [-0.3, -0.25) is 9.59 Å². The molecule has 0 aliphatic heterocycles. The number of nitrogens with one attached hydrogen (secondary N) is 2. The molecule has 2 N–H and O–H groups in total. The normalized spacial score (nSPS) is 10.4. The molecule has 1 rings (SSSR count). The van der Waals surface area contributed by atoms with Crippen LogP contribution >= 0.6 is 11.6 Å². The van der Waals surface area contributed by atoms with Gasteiger partial charge in [-0.1, -0.05) is 17.7 Å². The molecule has 2 amide bonds. The van der Waals surface area contributed by atoms with Crippen LogP contribution in [0.25, 0.3) is 0 Å². The zero-order chi connectivity index (χ0) is 15.1. The molecule has 0 unspecified atom stereocenters. The molecule has 1 aromatic rings. The minimum Gasteiger partial charge on any atom is -0.348 e. The first-order chi connectivity index (χ1) is 9.41. The molecule has 1 aromatic carbocycles. The fraction of sp³-hybridized carbons (Fsp3) is 0.429. The third kappa shape index (κ3) is 5.19. The molecule has 0 atom stereocenters. The van der Waals surface area contributed by atoms with Crippen molar-refractivity contribution in [1.82, 2.24) is 10.2 Å². The summed E-state index contributed by atoms with van der Waals surface area (Å²) in [4.78, 5) is 25.4. The largest absolute Gasteiger partial charge is 0.348 e. The van der Waals surface area contributed by atoms with Crippen molar-refractivity contribution < 1.29 is 9.59 Å². The van der Waals surface area contributed by atoms with Crippen molar-refractivity contribution in [2.24, 2.45) is 0 Å². The molecule has 0 heterocycles. The topological polar surface area (TPSA) is 61.4 Å². The zero-order valence-electron chi connectivity index (χ0n) is 12.0. The molecule has 6 heteroatoms. The highest BCUT2D eigenvalue weighted by molar-refractivity contribution is 6.40. The molecule has 110 valence electrons. The van der Waals surface area contributed by atoms with Crippen LogP contribution in [-0.4, -0.2) is 43.9 Å². The van der Waals surface area contributed by atoms with Crippen LogP contribution < -0.4 is 10.6 Å². The van der Waals surface area contributed by atoms with Crippen molar-refractivity contribution in [2.75, 3.05) is 32.5 Å². The van der Waals surface area contributed by atoms with E-state index in [0.29, 0.717) is 17.3 Å². The summed E-state index contributed by atoms with van der Waals surface area (Å²) in [6.45, 7) is 3.11. The van der Waals surface area contributed by atoms with Crippen molar-refractivity contribution >= 4 is 29.1 Å². The summed E-state index contributed by atoms with van der Waals surface area (Å²) in [5, 5.41) is 5.69.